The molecule has 0 N–H and O–H groups in total. The van der Waals surface area contributed by atoms with E-state index < -0.39 is 9.04 Å². The summed E-state index contributed by atoms with van der Waals surface area (Å²) in [5.41, 5.74) is 0. The van der Waals surface area contributed by atoms with Gasteiger partial charge in [-0.2, -0.15) is 0 Å². The molecule has 1 aliphatic rings. The van der Waals surface area contributed by atoms with E-state index in [0.29, 0.717) is 12.7 Å². The van der Waals surface area contributed by atoms with Crippen molar-refractivity contribution in [2.24, 2.45) is 0 Å². The van der Waals surface area contributed by atoms with E-state index in [1.54, 1.807) is 0 Å². The van der Waals surface area contributed by atoms with E-state index in [4.69, 9.17) is 9.16 Å². The first-order valence-electron chi connectivity index (χ1n) is 12.1. The number of rotatable bonds is 18. The molecule has 0 aliphatic carbocycles. The summed E-state index contributed by atoms with van der Waals surface area (Å²) in [6, 6.07) is 1.17. The first-order chi connectivity index (χ1) is 13.3. The highest BCUT2D eigenvalue weighted by Gasteiger charge is 2.18. The van der Waals surface area contributed by atoms with Crippen LogP contribution in [0, 0.1) is 0 Å². The summed E-state index contributed by atoms with van der Waals surface area (Å²) in [5.74, 6) is -0.00799. The summed E-state index contributed by atoms with van der Waals surface area (Å²) >= 11 is 0. The summed E-state index contributed by atoms with van der Waals surface area (Å²) in [5, 5.41) is 0. The van der Waals surface area contributed by atoms with Gasteiger partial charge in [0.1, 0.15) is 6.23 Å². The average Bonchev–Trinajstić information content (AvgIpc) is 2.70. The van der Waals surface area contributed by atoms with Gasteiger partial charge in [0, 0.05) is 13.0 Å². The molecule has 0 aromatic heterocycles. The maximum Gasteiger partial charge on any atom is 0.305 e. The van der Waals surface area contributed by atoms with Gasteiger partial charge in [0.25, 0.3) is 0 Å². The number of hydrogen-bond acceptors (Lipinski definition) is 3. The lowest BCUT2D eigenvalue weighted by molar-refractivity contribution is -0.142. The molecule has 3 nitrogen and oxygen atoms in total. The Kier molecular flexibility index (Phi) is 17.4. The Balaban J connectivity index is 1.73. The summed E-state index contributed by atoms with van der Waals surface area (Å²) in [6.45, 7) is 3.16. The Morgan fingerprint density at radius 3 is 1.78 bits per heavy atom. The van der Waals surface area contributed by atoms with Crippen LogP contribution in [0.15, 0.2) is 0 Å². The van der Waals surface area contributed by atoms with E-state index in [9.17, 15) is 4.79 Å². The summed E-state index contributed by atoms with van der Waals surface area (Å²) in [6.07, 6.45) is 23.9. The standard InChI is InChI=1S/C23H46O3Si/c1-2-3-4-5-6-7-8-9-10-11-12-13-14-15-16-19-23(24)25-22-27-21-18-17-20-26-27/h27H,2-22H2,1H3. The predicted octanol–water partition coefficient (Wildman–Crippen LogP) is 6.86. The van der Waals surface area contributed by atoms with E-state index in [0.717, 1.165) is 13.0 Å². The van der Waals surface area contributed by atoms with Crippen molar-refractivity contribution in [2.75, 3.05) is 12.8 Å². The summed E-state index contributed by atoms with van der Waals surface area (Å²) < 4.78 is 11.1. The first kappa shape index (κ1) is 24.7. The van der Waals surface area contributed by atoms with Crippen LogP contribution in [0.4, 0.5) is 0 Å². The normalized spacial score (nSPS) is 17.1. The van der Waals surface area contributed by atoms with E-state index in [2.05, 4.69) is 6.92 Å². The molecule has 0 amide bonds. The topological polar surface area (TPSA) is 35.5 Å². The monoisotopic (exact) mass is 398 g/mol. The summed E-state index contributed by atoms with van der Waals surface area (Å²) in [7, 11) is -1.20. The molecule has 0 radical (unpaired) electrons. The predicted molar refractivity (Wildman–Crippen MR) is 118 cm³/mol. The number of ether oxygens (including phenoxy) is 1. The molecule has 1 saturated heterocycles. The van der Waals surface area contributed by atoms with E-state index in [1.165, 1.54) is 109 Å². The molecule has 1 rings (SSSR count). The second kappa shape index (κ2) is 19.0. The van der Waals surface area contributed by atoms with Crippen molar-refractivity contribution in [3.63, 3.8) is 0 Å². The molecule has 1 atom stereocenters. The molecule has 0 saturated carbocycles. The Bertz CT molecular complexity index is 330. The minimum absolute atomic E-state index is 0.00799. The molecule has 1 unspecified atom stereocenters. The van der Waals surface area contributed by atoms with Crippen LogP contribution in [0.5, 0.6) is 0 Å². The van der Waals surface area contributed by atoms with Crippen LogP contribution in [-0.4, -0.2) is 27.8 Å². The second-order valence-electron chi connectivity index (χ2n) is 8.37. The van der Waals surface area contributed by atoms with Crippen molar-refractivity contribution in [1.29, 1.82) is 0 Å². The largest absolute Gasteiger partial charge is 0.467 e. The first-order valence-corrected chi connectivity index (χ1v) is 14.2. The Hall–Kier alpha value is -0.353. The fourth-order valence-corrected chi connectivity index (χ4v) is 5.88. The van der Waals surface area contributed by atoms with Crippen LogP contribution >= 0.6 is 0 Å². The lowest BCUT2D eigenvalue weighted by Gasteiger charge is -2.20. The van der Waals surface area contributed by atoms with Crippen molar-refractivity contribution < 1.29 is 14.0 Å². The minimum Gasteiger partial charge on any atom is -0.467 e. The highest BCUT2D eigenvalue weighted by Crippen LogP contribution is 2.14. The minimum atomic E-state index is -1.20. The van der Waals surface area contributed by atoms with Gasteiger partial charge in [-0.1, -0.05) is 103 Å². The summed E-state index contributed by atoms with van der Waals surface area (Å²) in [4.78, 5) is 11.8. The van der Waals surface area contributed by atoms with Gasteiger partial charge in [0.05, 0.1) is 0 Å². The molecular weight excluding hydrogens is 352 g/mol. The SMILES string of the molecule is CCCCCCCCCCCCCCCCCC(=O)OC[SiH]1CCCCO1. The molecular formula is C23H46O3Si. The number of hydrogen-bond donors (Lipinski definition) is 0. The van der Waals surface area contributed by atoms with Crippen LogP contribution in [0.3, 0.4) is 0 Å². The lowest BCUT2D eigenvalue weighted by atomic mass is 10.0. The smallest absolute Gasteiger partial charge is 0.305 e. The van der Waals surface area contributed by atoms with Crippen LogP contribution in [-0.2, 0) is 14.0 Å². The Labute approximate surface area is 170 Å². The number of unbranched alkanes of at least 4 members (excludes halogenated alkanes) is 14. The lowest BCUT2D eigenvalue weighted by Crippen LogP contribution is -2.30. The van der Waals surface area contributed by atoms with Crippen LogP contribution < -0.4 is 0 Å². The van der Waals surface area contributed by atoms with Gasteiger partial charge in [0.2, 0.25) is 9.04 Å². The molecule has 1 fully saturated rings. The van der Waals surface area contributed by atoms with E-state index >= 15 is 0 Å². The Morgan fingerprint density at radius 1 is 0.778 bits per heavy atom. The molecule has 4 heteroatoms. The van der Waals surface area contributed by atoms with Gasteiger partial charge in [-0.3, -0.25) is 4.79 Å². The molecule has 27 heavy (non-hydrogen) atoms. The third kappa shape index (κ3) is 16.3. The molecule has 1 aliphatic heterocycles. The molecule has 1 heterocycles. The molecule has 160 valence electrons. The van der Waals surface area contributed by atoms with Gasteiger partial charge in [-0.15, -0.1) is 0 Å². The molecule has 0 aromatic rings. The maximum absolute atomic E-state index is 11.8. The average molecular weight is 399 g/mol. The zero-order valence-electron chi connectivity index (χ0n) is 18.2. The second-order valence-corrected chi connectivity index (χ2v) is 10.9. The number of carbonyl (C=O) groups excluding carboxylic acids is 1. The fourth-order valence-electron chi connectivity index (χ4n) is 3.84. The van der Waals surface area contributed by atoms with Crippen molar-refractivity contribution in [3.8, 4) is 0 Å². The van der Waals surface area contributed by atoms with Crippen molar-refractivity contribution in [3.05, 3.63) is 0 Å². The third-order valence-corrected chi connectivity index (χ3v) is 7.99. The zero-order valence-corrected chi connectivity index (χ0v) is 19.3. The third-order valence-electron chi connectivity index (χ3n) is 5.69. The van der Waals surface area contributed by atoms with Gasteiger partial charge in [-0.25, -0.2) is 0 Å². The fraction of sp³-hybridized carbons (Fsp3) is 0.957. The van der Waals surface area contributed by atoms with Crippen LogP contribution in [0.2, 0.25) is 6.04 Å². The van der Waals surface area contributed by atoms with Crippen molar-refractivity contribution >= 4 is 15.0 Å². The number of esters is 1. The van der Waals surface area contributed by atoms with Gasteiger partial charge < -0.3 is 9.16 Å². The Morgan fingerprint density at radius 2 is 1.30 bits per heavy atom. The van der Waals surface area contributed by atoms with E-state index in [1.807, 2.05) is 0 Å². The van der Waals surface area contributed by atoms with Crippen LogP contribution in [0.1, 0.15) is 122 Å². The molecule has 0 aromatic carbocycles. The number of carbonyl (C=O) groups is 1. The van der Waals surface area contributed by atoms with E-state index in [-0.39, 0.29) is 5.97 Å². The quantitative estimate of drug-likeness (QED) is 0.144. The molecule has 0 bridgehead atoms. The van der Waals surface area contributed by atoms with Crippen LogP contribution in [0.25, 0.3) is 0 Å². The maximum atomic E-state index is 11.8. The highest BCUT2D eigenvalue weighted by atomic mass is 28.3. The highest BCUT2D eigenvalue weighted by molar-refractivity contribution is 6.52. The van der Waals surface area contributed by atoms with Crippen molar-refractivity contribution in [2.45, 2.75) is 129 Å². The van der Waals surface area contributed by atoms with Crippen molar-refractivity contribution in [1.82, 2.24) is 0 Å². The van der Waals surface area contributed by atoms with Gasteiger partial charge in [-0.05, 0) is 18.9 Å². The van der Waals surface area contributed by atoms with Gasteiger partial charge in [0.15, 0.2) is 0 Å². The molecule has 0 spiro atoms. The zero-order chi connectivity index (χ0) is 19.4. The van der Waals surface area contributed by atoms with Gasteiger partial charge >= 0.3 is 5.97 Å².